The van der Waals surface area contributed by atoms with E-state index in [0.717, 1.165) is 55.5 Å². The number of ether oxygens (including phenoxy) is 11. The first-order chi connectivity index (χ1) is 38.0. The number of phenolic OH excluding ortho intramolecular Hbond substituents is 4. The molecule has 0 saturated carbocycles. The summed E-state index contributed by atoms with van der Waals surface area (Å²) < 4.78 is 64.2. The van der Waals surface area contributed by atoms with E-state index in [0.29, 0.717) is 0 Å². The van der Waals surface area contributed by atoms with Crippen LogP contribution in [0, 0.1) is 0 Å². The van der Waals surface area contributed by atoms with E-state index in [4.69, 9.17) is 52.1 Å². The Labute approximate surface area is 452 Å². The van der Waals surface area contributed by atoms with E-state index in [2.05, 4.69) is 0 Å². The minimum atomic E-state index is -2.94. The summed E-state index contributed by atoms with van der Waals surface area (Å²) >= 11 is 0. The van der Waals surface area contributed by atoms with Gasteiger partial charge in [-0.05, 0) is 59.7 Å². The van der Waals surface area contributed by atoms with Gasteiger partial charge >= 0.3 is 23.9 Å². The van der Waals surface area contributed by atoms with Crippen LogP contribution in [-0.2, 0) is 66.5 Å². The second-order valence-electron chi connectivity index (χ2n) is 18.6. The van der Waals surface area contributed by atoms with Crippen LogP contribution in [0.15, 0.2) is 78.9 Å². The van der Waals surface area contributed by atoms with Gasteiger partial charge in [0, 0.05) is 19.1 Å². The molecule has 438 valence electrons. The lowest BCUT2D eigenvalue weighted by molar-refractivity contribution is -0.421. The van der Waals surface area contributed by atoms with Gasteiger partial charge in [-0.25, -0.2) is 14.4 Å². The van der Waals surface area contributed by atoms with Gasteiger partial charge in [-0.2, -0.15) is 0 Å². The smallest absolute Gasteiger partial charge is 0.338 e. The van der Waals surface area contributed by atoms with Crippen LogP contribution < -0.4 is 0 Å². The van der Waals surface area contributed by atoms with Gasteiger partial charge < -0.3 is 124 Å². The molecule has 4 heterocycles. The standard InChI is InChI=1S/C51H60O29/c1-22(54)70-19-32-37(62)41(66)43(68)49(74-32)76-44-38(63)33(20-71-34(59)13-9-23-7-11-26(55)28(57)15-23)75-50(45(44)77-48-42(67)40(65)36(61)30(17-52)73-48)80-51(21-72-35(60)14-10-24-8-12-27(56)29(58)16-24)46(39(64)31(18-53)79-51)78-47(69)25-5-3-2-4-6-25/h2-16,30-33,36-46,48-50,52-53,55-58,61-68H,17-21H2,1H3. The SMILES string of the molecule is CC(=O)OCC1OC(OC2C(O)C(COC(=O)C=Cc3ccc(O)c(O)c3)OC(OC3(COC(=O)C=Cc4ccc(O)c(O)c4)OC(CO)C(O)C3OC(=O)c3ccccc3)C2OC2OC(CO)C(O)C(O)C2O)C(O)C(O)C1O. The van der Waals surface area contributed by atoms with Crippen molar-refractivity contribution >= 4 is 36.0 Å². The lowest BCUT2D eigenvalue weighted by Crippen LogP contribution is -2.68. The molecule has 19 unspecified atom stereocenters. The summed E-state index contributed by atoms with van der Waals surface area (Å²) in [5.41, 5.74) is 0.221. The van der Waals surface area contributed by atoms with Crippen LogP contribution in [0.3, 0.4) is 0 Å². The van der Waals surface area contributed by atoms with E-state index >= 15 is 0 Å². The first kappa shape index (κ1) is 61.2. The minimum Gasteiger partial charge on any atom is -0.504 e. The van der Waals surface area contributed by atoms with Gasteiger partial charge in [-0.15, -0.1) is 0 Å². The second-order valence-corrected chi connectivity index (χ2v) is 18.6. The zero-order chi connectivity index (χ0) is 58.2. The minimum absolute atomic E-state index is 0.129. The van der Waals surface area contributed by atoms with Crippen molar-refractivity contribution in [2.45, 2.75) is 123 Å². The van der Waals surface area contributed by atoms with Crippen LogP contribution in [0.2, 0.25) is 0 Å². The van der Waals surface area contributed by atoms with Crippen LogP contribution in [0.1, 0.15) is 28.4 Å². The highest BCUT2D eigenvalue weighted by Crippen LogP contribution is 2.42. The number of hydrogen-bond donors (Lipinski definition) is 14. The number of carbonyl (C=O) groups is 4. The molecule has 3 aromatic carbocycles. The van der Waals surface area contributed by atoms with Crippen LogP contribution in [0.5, 0.6) is 23.0 Å². The Morgan fingerprint density at radius 3 is 1.59 bits per heavy atom. The molecule has 7 rings (SSSR count). The van der Waals surface area contributed by atoms with Crippen molar-refractivity contribution in [2.75, 3.05) is 33.0 Å². The molecular weight excluding hydrogens is 1080 g/mol. The molecule has 19 atom stereocenters. The van der Waals surface area contributed by atoms with Crippen molar-refractivity contribution in [1.82, 2.24) is 0 Å². The molecule has 14 N–H and O–H groups in total. The Balaban J connectivity index is 1.33. The zero-order valence-corrected chi connectivity index (χ0v) is 42.0. The van der Waals surface area contributed by atoms with Crippen molar-refractivity contribution in [3.8, 4) is 23.0 Å². The predicted molar refractivity (Wildman–Crippen MR) is 258 cm³/mol. The topological polar surface area (TPSA) is 453 Å². The molecule has 4 saturated heterocycles. The zero-order valence-electron chi connectivity index (χ0n) is 42.0. The number of rotatable bonds is 20. The van der Waals surface area contributed by atoms with E-state index in [1.54, 1.807) is 6.07 Å². The number of phenols is 4. The van der Waals surface area contributed by atoms with Crippen molar-refractivity contribution < 1.29 is 143 Å². The molecular formula is C51H60O29. The summed E-state index contributed by atoms with van der Waals surface area (Å²) in [6, 6.07) is 14.1. The summed E-state index contributed by atoms with van der Waals surface area (Å²) in [5.74, 6) is -9.43. The van der Waals surface area contributed by atoms with Crippen LogP contribution >= 0.6 is 0 Å². The van der Waals surface area contributed by atoms with Gasteiger partial charge in [-0.3, -0.25) is 4.79 Å². The van der Waals surface area contributed by atoms with E-state index in [-0.39, 0.29) is 16.7 Å². The van der Waals surface area contributed by atoms with Gasteiger partial charge in [0.25, 0.3) is 0 Å². The number of hydrogen-bond acceptors (Lipinski definition) is 29. The molecule has 0 aromatic heterocycles. The third-order valence-corrected chi connectivity index (χ3v) is 13.0. The maximum atomic E-state index is 13.9. The highest BCUT2D eigenvalue weighted by Gasteiger charge is 2.63. The van der Waals surface area contributed by atoms with Gasteiger partial charge in [0.15, 0.2) is 48.0 Å². The number of aliphatic hydroxyl groups excluding tert-OH is 10. The average Bonchev–Trinajstić information content (AvgIpc) is 3.70. The second kappa shape index (κ2) is 26.9. The van der Waals surface area contributed by atoms with Crippen molar-refractivity contribution in [3.63, 3.8) is 0 Å². The summed E-state index contributed by atoms with van der Waals surface area (Å²) in [6.45, 7) is -4.12. The van der Waals surface area contributed by atoms with Crippen molar-refractivity contribution in [1.29, 1.82) is 0 Å². The van der Waals surface area contributed by atoms with E-state index in [1.807, 2.05) is 0 Å². The highest BCUT2D eigenvalue weighted by molar-refractivity contribution is 5.90. The molecule has 4 aliphatic rings. The Morgan fingerprint density at radius 2 is 1.04 bits per heavy atom. The van der Waals surface area contributed by atoms with E-state index in [1.165, 1.54) is 36.4 Å². The van der Waals surface area contributed by atoms with Gasteiger partial charge in [0.2, 0.25) is 5.79 Å². The molecule has 0 bridgehead atoms. The molecule has 4 fully saturated rings. The third kappa shape index (κ3) is 14.3. The number of aliphatic hydroxyl groups is 10. The molecule has 4 aliphatic heterocycles. The fourth-order valence-electron chi connectivity index (χ4n) is 8.68. The van der Waals surface area contributed by atoms with Crippen molar-refractivity contribution in [2.24, 2.45) is 0 Å². The summed E-state index contributed by atoms with van der Waals surface area (Å²) in [5, 5.41) is 150. The Kier molecular flexibility index (Phi) is 20.5. The molecule has 0 amide bonds. The Morgan fingerprint density at radius 1 is 0.537 bits per heavy atom. The average molecular weight is 1140 g/mol. The third-order valence-electron chi connectivity index (χ3n) is 13.0. The summed E-state index contributed by atoms with van der Waals surface area (Å²) in [6.07, 6.45) is -34.0. The van der Waals surface area contributed by atoms with Crippen LogP contribution in [0.25, 0.3) is 12.2 Å². The monoisotopic (exact) mass is 1140 g/mol. The normalized spacial score (nSPS) is 34.5. The first-order valence-electron chi connectivity index (χ1n) is 24.5. The lowest BCUT2D eigenvalue weighted by atomic mass is 9.95. The maximum Gasteiger partial charge on any atom is 0.338 e. The fourth-order valence-corrected chi connectivity index (χ4v) is 8.68. The molecule has 0 spiro atoms. The number of aromatic hydroxyl groups is 4. The number of benzene rings is 3. The van der Waals surface area contributed by atoms with Gasteiger partial charge in [-0.1, -0.05) is 30.3 Å². The fraction of sp³-hybridized carbons (Fsp3) is 0.490. The molecule has 29 heteroatoms. The van der Waals surface area contributed by atoms with E-state index in [9.17, 15) is 90.7 Å². The summed E-state index contributed by atoms with van der Waals surface area (Å²) in [7, 11) is 0. The quantitative estimate of drug-likeness (QED) is 0.0222. The Hall–Kier alpha value is -6.46. The molecule has 0 radical (unpaired) electrons. The van der Waals surface area contributed by atoms with Crippen LogP contribution in [0.4, 0.5) is 0 Å². The van der Waals surface area contributed by atoms with Gasteiger partial charge in [0.05, 0.1) is 18.8 Å². The van der Waals surface area contributed by atoms with Crippen molar-refractivity contribution in [3.05, 3.63) is 95.6 Å². The lowest BCUT2D eigenvalue weighted by Gasteiger charge is -2.50. The molecule has 0 aliphatic carbocycles. The Bertz CT molecular complexity index is 2650. The van der Waals surface area contributed by atoms with Gasteiger partial charge in [0.1, 0.15) is 105 Å². The molecule has 29 nitrogen and oxygen atoms in total. The van der Waals surface area contributed by atoms with Crippen LogP contribution in [-0.4, -0.2) is 245 Å². The first-order valence-corrected chi connectivity index (χ1v) is 24.5. The predicted octanol–water partition coefficient (Wildman–Crippen LogP) is -3.96. The maximum absolute atomic E-state index is 13.9. The highest BCUT2D eigenvalue weighted by atomic mass is 16.8. The van der Waals surface area contributed by atoms with E-state index < -0.39 is 196 Å². The molecule has 80 heavy (non-hydrogen) atoms. The molecule has 3 aromatic rings. The number of carbonyl (C=O) groups excluding carboxylic acids is 4. The summed E-state index contributed by atoms with van der Waals surface area (Å²) in [4.78, 5) is 52.5. The largest absolute Gasteiger partial charge is 0.504 e. The number of esters is 4.